The van der Waals surface area contributed by atoms with Crippen LogP contribution in [0, 0.1) is 0 Å². The van der Waals surface area contributed by atoms with Crippen molar-refractivity contribution in [3.8, 4) is 5.75 Å². The lowest BCUT2D eigenvalue weighted by molar-refractivity contribution is 0.197. The highest BCUT2D eigenvalue weighted by Gasteiger charge is 2.43. The number of rotatable bonds is 7. The molecule has 0 aliphatic heterocycles. The van der Waals surface area contributed by atoms with Crippen LogP contribution in [0.15, 0.2) is 30.3 Å². The second-order valence-corrected chi connectivity index (χ2v) is 5.72. The van der Waals surface area contributed by atoms with Crippen molar-refractivity contribution in [3.63, 3.8) is 0 Å². The molecule has 0 aromatic heterocycles. The SMILES string of the molecule is CCO[P+](CC)(OCC)Oc1ccccc1. The molecule has 4 heteroatoms. The molecule has 0 unspecified atom stereocenters. The number of hydrogen-bond donors (Lipinski definition) is 0. The minimum Gasteiger partial charge on any atom is -0.287 e. The number of hydrogen-bond acceptors (Lipinski definition) is 3. The van der Waals surface area contributed by atoms with E-state index in [1.54, 1.807) is 0 Å². The smallest absolute Gasteiger partial charge is 0.287 e. The van der Waals surface area contributed by atoms with E-state index in [1.807, 2.05) is 51.1 Å². The van der Waals surface area contributed by atoms with Gasteiger partial charge in [-0.15, -0.1) is 0 Å². The highest BCUT2D eigenvalue weighted by molar-refractivity contribution is 7.61. The van der Waals surface area contributed by atoms with Crippen LogP contribution in [0.1, 0.15) is 20.8 Å². The third-order valence-electron chi connectivity index (χ3n) is 2.03. The molecule has 1 aromatic rings. The second-order valence-electron chi connectivity index (χ2n) is 3.17. The Morgan fingerprint density at radius 2 is 1.50 bits per heavy atom. The topological polar surface area (TPSA) is 27.7 Å². The van der Waals surface area contributed by atoms with Gasteiger partial charge in [0, 0.05) is 0 Å². The fraction of sp³-hybridized carbons (Fsp3) is 0.500. The number of benzene rings is 1. The molecule has 16 heavy (non-hydrogen) atoms. The van der Waals surface area contributed by atoms with Gasteiger partial charge in [-0.05, 0) is 32.9 Å². The third-order valence-corrected chi connectivity index (χ3v) is 4.59. The Morgan fingerprint density at radius 3 is 1.94 bits per heavy atom. The van der Waals surface area contributed by atoms with Crippen molar-refractivity contribution in [2.75, 3.05) is 19.4 Å². The maximum atomic E-state index is 5.90. The van der Waals surface area contributed by atoms with Crippen LogP contribution in [-0.2, 0) is 9.05 Å². The molecule has 0 bridgehead atoms. The van der Waals surface area contributed by atoms with Gasteiger partial charge in [0.05, 0.1) is 13.2 Å². The molecule has 0 radical (unpaired) electrons. The Balaban J connectivity index is 2.76. The van der Waals surface area contributed by atoms with Gasteiger partial charge in [-0.2, -0.15) is 9.05 Å². The molecule has 0 spiro atoms. The second kappa shape index (κ2) is 6.85. The molecular formula is C12H20O3P+. The highest BCUT2D eigenvalue weighted by atomic mass is 31.2. The fourth-order valence-electron chi connectivity index (χ4n) is 1.37. The molecule has 0 amide bonds. The zero-order chi connectivity index (χ0) is 11.9. The quantitative estimate of drug-likeness (QED) is 0.679. The minimum atomic E-state index is -2.20. The average molecular weight is 243 g/mol. The molecule has 1 aromatic carbocycles. The van der Waals surface area contributed by atoms with E-state index in [0.717, 1.165) is 11.9 Å². The summed E-state index contributed by atoms with van der Waals surface area (Å²) >= 11 is 0. The maximum Gasteiger partial charge on any atom is 0.456 e. The van der Waals surface area contributed by atoms with Gasteiger partial charge in [-0.1, -0.05) is 18.2 Å². The molecule has 0 N–H and O–H groups in total. The molecule has 3 nitrogen and oxygen atoms in total. The lowest BCUT2D eigenvalue weighted by Crippen LogP contribution is -2.12. The molecule has 0 atom stereocenters. The van der Waals surface area contributed by atoms with E-state index in [9.17, 15) is 0 Å². The van der Waals surface area contributed by atoms with Crippen LogP contribution < -0.4 is 4.52 Å². The van der Waals surface area contributed by atoms with Gasteiger partial charge in [0.1, 0.15) is 6.16 Å². The first-order valence-electron chi connectivity index (χ1n) is 5.68. The van der Waals surface area contributed by atoms with Gasteiger partial charge >= 0.3 is 7.94 Å². The Morgan fingerprint density at radius 1 is 0.938 bits per heavy atom. The first kappa shape index (κ1) is 13.4. The summed E-state index contributed by atoms with van der Waals surface area (Å²) < 4.78 is 17.3. The van der Waals surface area contributed by atoms with Gasteiger partial charge in [-0.25, -0.2) is 0 Å². The van der Waals surface area contributed by atoms with E-state index < -0.39 is 7.94 Å². The van der Waals surface area contributed by atoms with Crippen molar-refractivity contribution < 1.29 is 13.6 Å². The summed E-state index contributed by atoms with van der Waals surface area (Å²) in [7, 11) is -2.20. The van der Waals surface area contributed by atoms with Crippen LogP contribution in [0.4, 0.5) is 0 Å². The van der Waals surface area contributed by atoms with E-state index >= 15 is 0 Å². The molecule has 0 saturated carbocycles. The van der Waals surface area contributed by atoms with Crippen LogP contribution >= 0.6 is 7.94 Å². The first-order valence-corrected chi connectivity index (χ1v) is 7.41. The Bertz CT molecular complexity index is 284. The monoisotopic (exact) mass is 243 g/mol. The van der Waals surface area contributed by atoms with Crippen LogP contribution in [-0.4, -0.2) is 19.4 Å². The van der Waals surface area contributed by atoms with E-state index in [4.69, 9.17) is 13.6 Å². The van der Waals surface area contributed by atoms with Crippen molar-refractivity contribution >= 4 is 7.94 Å². The van der Waals surface area contributed by atoms with E-state index in [0.29, 0.717) is 13.2 Å². The van der Waals surface area contributed by atoms with Crippen molar-refractivity contribution in [2.24, 2.45) is 0 Å². The molecule has 0 saturated heterocycles. The predicted molar refractivity (Wildman–Crippen MR) is 67.8 cm³/mol. The van der Waals surface area contributed by atoms with Gasteiger partial charge < -0.3 is 0 Å². The summed E-state index contributed by atoms with van der Waals surface area (Å²) in [6, 6.07) is 9.68. The summed E-state index contributed by atoms with van der Waals surface area (Å²) in [5, 5.41) is 0. The fourth-order valence-corrected chi connectivity index (χ4v) is 3.28. The van der Waals surface area contributed by atoms with Crippen LogP contribution in [0.3, 0.4) is 0 Å². The van der Waals surface area contributed by atoms with Gasteiger partial charge in [0.15, 0.2) is 5.75 Å². The zero-order valence-electron chi connectivity index (χ0n) is 10.2. The molecular weight excluding hydrogens is 223 g/mol. The summed E-state index contributed by atoms with van der Waals surface area (Å²) in [5.41, 5.74) is 0. The predicted octanol–water partition coefficient (Wildman–Crippen LogP) is 3.92. The Labute approximate surface area is 98.3 Å². The highest BCUT2D eigenvalue weighted by Crippen LogP contribution is 2.60. The maximum absolute atomic E-state index is 5.90. The molecule has 90 valence electrons. The average Bonchev–Trinajstić information content (AvgIpc) is 2.31. The van der Waals surface area contributed by atoms with E-state index in [1.165, 1.54) is 0 Å². The summed E-state index contributed by atoms with van der Waals surface area (Å²) in [6.45, 7) is 7.15. The van der Waals surface area contributed by atoms with Crippen molar-refractivity contribution in [1.82, 2.24) is 0 Å². The van der Waals surface area contributed by atoms with E-state index in [2.05, 4.69) is 0 Å². The largest absolute Gasteiger partial charge is 0.456 e. The van der Waals surface area contributed by atoms with Crippen molar-refractivity contribution in [2.45, 2.75) is 20.8 Å². The van der Waals surface area contributed by atoms with Crippen LogP contribution in [0.25, 0.3) is 0 Å². The van der Waals surface area contributed by atoms with Crippen molar-refractivity contribution in [1.29, 1.82) is 0 Å². The molecule has 0 aliphatic carbocycles. The van der Waals surface area contributed by atoms with Crippen LogP contribution in [0.2, 0.25) is 0 Å². The molecule has 1 rings (SSSR count). The summed E-state index contributed by atoms with van der Waals surface area (Å²) in [6.07, 6.45) is 0.754. The molecule has 0 fully saturated rings. The zero-order valence-corrected chi connectivity index (χ0v) is 11.1. The standard InChI is InChI=1S/C12H20O3P/c1-4-13-16(6-3,14-5-2)15-12-10-8-7-9-11-12/h7-11H,4-6H2,1-3H3/q+1. The van der Waals surface area contributed by atoms with Crippen LogP contribution in [0.5, 0.6) is 5.75 Å². The lowest BCUT2D eigenvalue weighted by Gasteiger charge is -2.20. The van der Waals surface area contributed by atoms with Gasteiger partial charge in [0.25, 0.3) is 0 Å². The molecule has 0 heterocycles. The lowest BCUT2D eigenvalue weighted by atomic mass is 10.3. The first-order chi connectivity index (χ1) is 7.76. The summed E-state index contributed by atoms with van der Waals surface area (Å²) in [4.78, 5) is 0. The summed E-state index contributed by atoms with van der Waals surface area (Å²) in [5.74, 6) is 0.805. The third kappa shape index (κ3) is 3.75. The van der Waals surface area contributed by atoms with Gasteiger partial charge in [0.2, 0.25) is 0 Å². The Hall–Kier alpha value is -0.630. The van der Waals surface area contributed by atoms with Gasteiger partial charge in [-0.3, -0.25) is 4.52 Å². The minimum absolute atomic E-state index is 0.606. The normalized spacial score (nSPS) is 11.4. The van der Waals surface area contributed by atoms with E-state index in [-0.39, 0.29) is 0 Å². The Kier molecular flexibility index (Phi) is 5.75. The van der Waals surface area contributed by atoms with Crippen molar-refractivity contribution in [3.05, 3.63) is 30.3 Å². The number of para-hydroxylation sites is 1. The molecule has 0 aliphatic rings.